The Kier molecular flexibility index (Phi) is 6.46. The number of morpholine rings is 1. The molecule has 0 saturated carbocycles. The summed E-state index contributed by atoms with van der Waals surface area (Å²) in [6.07, 6.45) is 2.29. The van der Waals surface area contributed by atoms with Crippen LogP contribution in [0, 0.1) is 0 Å². The second-order valence-electron chi connectivity index (χ2n) is 5.82. The van der Waals surface area contributed by atoms with Gasteiger partial charge < -0.3 is 24.4 Å². The largest absolute Gasteiger partial charge is 0.492 e. The summed E-state index contributed by atoms with van der Waals surface area (Å²) in [7, 11) is 1.55. The third-order valence-corrected chi connectivity index (χ3v) is 4.62. The molecule has 1 atom stereocenters. The summed E-state index contributed by atoms with van der Waals surface area (Å²) in [6, 6.07) is 5.75. The topological polar surface area (TPSA) is 85.8 Å². The molecule has 3 rings (SSSR count). The molecule has 1 amide bonds. The Hall–Kier alpha value is -2.39. The molecule has 1 N–H and O–H groups in total. The number of amides is 1. The molecule has 0 spiro atoms. The molecule has 2 aromatic rings. The van der Waals surface area contributed by atoms with Gasteiger partial charge in [0.05, 0.1) is 43.2 Å². The van der Waals surface area contributed by atoms with Gasteiger partial charge in [0.1, 0.15) is 11.9 Å². The van der Waals surface area contributed by atoms with Gasteiger partial charge >= 0.3 is 0 Å². The SMILES string of the molecule is CCOc1cc(C2CN(C=O)CCO2)ccc1Nc1ncc(Br)c(OC)n1. The molecule has 2 heterocycles. The molecule has 8 nitrogen and oxygen atoms in total. The Morgan fingerprint density at radius 2 is 2.33 bits per heavy atom. The molecule has 1 aromatic heterocycles. The van der Waals surface area contributed by atoms with E-state index in [-0.39, 0.29) is 6.10 Å². The highest BCUT2D eigenvalue weighted by atomic mass is 79.9. The van der Waals surface area contributed by atoms with Crippen LogP contribution in [-0.4, -0.2) is 54.7 Å². The van der Waals surface area contributed by atoms with Gasteiger partial charge in [0.15, 0.2) is 0 Å². The van der Waals surface area contributed by atoms with E-state index in [1.807, 2.05) is 25.1 Å². The van der Waals surface area contributed by atoms with Gasteiger partial charge in [-0.15, -0.1) is 0 Å². The van der Waals surface area contributed by atoms with Crippen LogP contribution in [0.25, 0.3) is 0 Å². The lowest BCUT2D eigenvalue weighted by Crippen LogP contribution is -2.37. The lowest BCUT2D eigenvalue weighted by atomic mass is 10.1. The number of methoxy groups -OCH3 is 1. The minimum atomic E-state index is -0.179. The van der Waals surface area contributed by atoms with Crippen molar-refractivity contribution in [3.8, 4) is 11.6 Å². The predicted molar refractivity (Wildman–Crippen MR) is 104 cm³/mol. The molecular formula is C18H21BrN4O4. The van der Waals surface area contributed by atoms with E-state index in [0.717, 1.165) is 17.7 Å². The van der Waals surface area contributed by atoms with Crippen LogP contribution >= 0.6 is 15.9 Å². The average molecular weight is 437 g/mol. The van der Waals surface area contributed by atoms with Crippen LogP contribution in [-0.2, 0) is 9.53 Å². The monoisotopic (exact) mass is 436 g/mol. The molecule has 1 aliphatic heterocycles. The van der Waals surface area contributed by atoms with Gasteiger partial charge in [-0.2, -0.15) is 4.98 Å². The Balaban J connectivity index is 1.84. The molecule has 144 valence electrons. The molecule has 9 heteroatoms. The first-order chi connectivity index (χ1) is 13.1. The minimum absolute atomic E-state index is 0.179. The number of benzene rings is 1. The zero-order valence-electron chi connectivity index (χ0n) is 15.1. The van der Waals surface area contributed by atoms with Crippen molar-refractivity contribution in [1.82, 2.24) is 14.9 Å². The number of halogens is 1. The molecule has 1 aromatic carbocycles. The number of hydrogen-bond acceptors (Lipinski definition) is 7. The maximum atomic E-state index is 11.0. The van der Waals surface area contributed by atoms with Crippen LogP contribution in [0.3, 0.4) is 0 Å². The highest BCUT2D eigenvalue weighted by Crippen LogP contribution is 2.33. The first-order valence-electron chi connectivity index (χ1n) is 8.55. The Morgan fingerprint density at radius 3 is 3.07 bits per heavy atom. The van der Waals surface area contributed by atoms with Gasteiger partial charge in [-0.05, 0) is 40.5 Å². The van der Waals surface area contributed by atoms with E-state index in [0.29, 0.717) is 48.4 Å². The highest BCUT2D eigenvalue weighted by Gasteiger charge is 2.22. The number of rotatable bonds is 7. The number of hydrogen-bond donors (Lipinski definition) is 1. The number of ether oxygens (including phenoxy) is 3. The second kappa shape index (κ2) is 9.01. The van der Waals surface area contributed by atoms with Crippen molar-refractivity contribution in [3.63, 3.8) is 0 Å². The van der Waals surface area contributed by atoms with Crippen molar-refractivity contribution in [2.45, 2.75) is 13.0 Å². The fourth-order valence-corrected chi connectivity index (χ4v) is 3.11. The lowest BCUT2D eigenvalue weighted by Gasteiger charge is -2.30. The Labute approximate surface area is 166 Å². The summed E-state index contributed by atoms with van der Waals surface area (Å²) >= 11 is 3.33. The van der Waals surface area contributed by atoms with E-state index < -0.39 is 0 Å². The zero-order chi connectivity index (χ0) is 19.2. The highest BCUT2D eigenvalue weighted by molar-refractivity contribution is 9.10. The quantitative estimate of drug-likeness (QED) is 0.667. The molecule has 0 aliphatic carbocycles. The first kappa shape index (κ1) is 19.4. The van der Waals surface area contributed by atoms with Crippen LogP contribution in [0.5, 0.6) is 11.6 Å². The fourth-order valence-electron chi connectivity index (χ4n) is 2.76. The van der Waals surface area contributed by atoms with Gasteiger partial charge in [0.25, 0.3) is 0 Å². The summed E-state index contributed by atoms with van der Waals surface area (Å²) in [6.45, 7) is 4.07. The molecule has 1 fully saturated rings. The van der Waals surface area contributed by atoms with Crippen molar-refractivity contribution in [1.29, 1.82) is 0 Å². The van der Waals surface area contributed by atoms with Gasteiger partial charge in [-0.1, -0.05) is 6.07 Å². The standard InChI is InChI=1S/C18H21BrN4O4/c1-3-26-15-8-12(16-10-23(11-24)6-7-27-16)4-5-14(15)21-18-20-9-13(19)17(22-18)25-2/h4-5,8-9,11,16H,3,6-7,10H2,1-2H3,(H,20,21,22). The molecule has 1 unspecified atom stereocenters. The summed E-state index contributed by atoms with van der Waals surface area (Å²) < 4.78 is 17.5. The average Bonchev–Trinajstić information content (AvgIpc) is 2.71. The van der Waals surface area contributed by atoms with Crippen molar-refractivity contribution in [2.24, 2.45) is 0 Å². The molecule has 0 radical (unpaired) electrons. The smallest absolute Gasteiger partial charge is 0.232 e. The van der Waals surface area contributed by atoms with Crippen LogP contribution in [0.4, 0.5) is 11.6 Å². The minimum Gasteiger partial charge on any atom is -0.492 e. The first-order valence-corrected chi connectivity index (χ1v) is 9.35. The van der Waals surface area contributed by atoms with Crippen molar-refractivity contribution >= 4 is 34.0 Å². The van der Waals surface area contributed by atoms with Crippen LogP contribution < -0.4 is 14.8 Å². The van der Waals surface area contributed by atoms with Gasteiger partial charge in [-0.25, -0.2) is 4.98 Å². The lowest BCUT2D eigenvalue weighted by molar-refractivity contribution is -0.125. The Bertz CT molecular complexity index is 805. The van der Waals surface area contributed by atoms with E-state index in [1.54, 1.807) is 18.2 Å². The van der Waals surface area contributed by atoms with E-state index in [2.05, 4.69) is 31.2 Å². The Morgan fingerprint density at radius 1 is 1.48 bits per heavy atom. The maximum absolute atomic E-state index is 11.0. The number of nitrogens with zero attached hydrogens (tertiary/aromatic N) is 3. The normalized spacial score (nSPS) is 16.7. The summed E-state index contributed by atoms with van der Waals surface area (Å²) in [5.41, 5.74) is 1.68. The van der Waals surface area contributed by atoms with Crippen molar-refractivity contribution < 1.29 is 19.0 Å². The van der Waals surface area contributed by atoms with E-state index in [4.69, 9.17) is 14.2 Å². The summed E-state index contributed by atoms with van der Waals surface area (Å²) in [4.78, 5) is 21.3. The number of aromatic nitrogens is 2. The summed E-state index contributed by atoms with van der Waals surface area (Å²) in [5.74, 6) is 1.49. The zero-order valence-corrected chi connectivity index (χ0v) is 16.7. The number of carbonyl (C=O) groups excluding carboxylic acids is 1. The third-order valence-electron chi connectivity index (χ3n) is 4.08. The van der Waals surface area contributed by atoms with Gasteiger partial charge in [-0.3, -0.25) is 4.79 Å². The molecule has 1 aliphatic rings. The van der Waals surface area contributed by atoms with Crippen molar-refractivity contribution in [2.75, 3.05) is 38.7 Å². The maximum Gasteiger partial charge on any atom is 0.232 e. The number of anilines is 2. The van der Waals surface area contributed by atoms with Crippen LogP contribution in [0.15, 0.2) is 28.9 Å². The molecule has 0 bridgehead atoms. The fraction of sp³-hybridized carbons (Fsp3) is 0.389. The van der Waals surface area contributed by atoms with Gasteiger partial charge in [0, 0.05) is 6.54 Å². The van der Waals surface area contributed by atoms with E-state index in [9.17, 15) is 4.79 Å². The molecule has 27 heavy (non-hydrogen) atoms. The molecule has 1 saturated heterocycles. The van der Waals surface area contributed by atoms with Crippen LogP contribution in [0.2, 0.25) is 0 Å². The van der Waals surface area contributed by atoms with E-state index in [1.165, 1.54) is 0 Å². The van der Waals surface area contributed by atoms with E-state index >= 15 is 0 Å². The number of carbonyl (C=O) groups is 1. The van der Waals surface area contributed by atoms with Gasteiger partial charge in [0.2, 0.25) is 18.2 Å². The third kappa shape index (κ3) is 4.67. The van der Waals surface area contributed by atoms with Crippen molar-refractivity contribution in [3.05, 3.63) is 34.4 Å². The van der Waals surface area contributed by atoms with Crippen LogP contribution in [0.1, 0.15) is 18.6 Å². The number of nitrogens with one attached hydrogen (secondary N) is 1. The second-order valence-corrected chi connectivity index (χ2v) is 6.68. The predicted octanol–water partition coefficient (Wildman–Crippen LogP) is 2.92. The molecular weight excluding hydrogens is 416 g/mol. The summed E-state index contributed by atoms with van der Waals surface area (Å²) in [5, 5.41) is 3.15.